The van der Waals surface area contributed by atoms with E-state index in [1.54, 1.807) is 0 Å². The van der Waals surface area contributed by atoms with Crippen molar-refractivity contribution in [2.75, 3.05) is 58.3 Å². The highest BCUT2D eigenvalue weighted by Gasteiger charge is 2.21. The van der Waals surface area contributed by atoms with Gasteiger partial charge in [0.25, 0.3) is 0 Å². The Kier molecular flexibility index (Phi) is 4.45. The Morgan fingerprint density at radius 1 is 1.14 bits per heavy atom. The number of likely N-dealkylation sites (N-methyl/N-ethyl adjacent to an activating group) is 2. The number of piperazine rings is 1. The quantitative estimate of drug-likeness (QED) is 0.842. The van der Waals surface area contributed by atoms with Gasteiger partial charge in [0.2, 0.25) is 0 Å². The van der Waals surface area contributed by atoms with Crippen molar-refractivity contribution in [1.29, 1.82) is 0 Å². The fourth-order valence-corrected chi connectivity index (χ4v) is 3.22. The van der Waals surface area contributed by atoms with Crippen molar-refractivity contribution < 1.29 is 0 Å². The van der Waals surface area contributed by atoms with Crippen LogP contribution in [-0.4, -0.2) is 63.3 Å². The van der Waals surface area contributed by atoms with Crippen molar-refractivity contribution in [3.8, 4) is 0 Å². The number of hydrazine groups is 1. The number of nitrogens with zero attached hydrogens (tertiary/aromatic N) is 3. The van der Waals surface area contributed by atoms with Gasteiger partial charge >= 0.3 is 0 Å². The van der Waals surface area contributed by atoms with Crippen LogP contribution in [-0.2, 0) is 6.42 Å². The Morgan fingerprint density at radius 3 is 2.62 bits per heavy atom. The van der Waals surface area contributed by atoms with E-state index in [1.165, 1.54) is 16.8 Å². The molecule has 1 atom stereocenters. The Morgan fingerprint density at radius 2 is 1.90 bits per heavy atom. The molecular formula is C16H27N5. The van der Waals surface area contributed by atoms with E-state index in [1.807, 2.05) is 0 Å². The highest BCUT2D eigenvalue weighted by Crippen LogP contribution is 2.29. The van der Waals surface area contributed by atoms with Crippen molar-refractivity contribution >= 4 is 5.69 Å². The number of fused-ring (bicyclic) bond motifs is 1. The third-order valence-corrected chi connectivity index (χ3v) is 4.71. The minimum Gasteiger partial charge on any atom is -0.374 e. The van der Waals surface area contributed by atoms with E-state index in [9.17, 15) is 0 Å². The number of hydrogen-bond acceptors (Lipinski definition) is 5. The maximum absolute atomic E-state index is 6.01. The molecule has 1 fully saturated rings. The second kappa shape index (κ2) is 6.32. The highest BCUT2D eigenvalue weighted by atomic mass is 15.5. The lowest BCUT2D eigenvalue weighted by Gasteiger charge is -2.35. The van der Waals surface area contributed by atoms with Crippen LogP contribution >= 0.6 is 0 Å². The summed E-state index contributed by atoms with van der Waals surface area (Å²) in [4.78, 5) is 4.69. The summed E-state index contributed by atoms with van der Waals surface area (Å²) in [6, 6.07) is 7.01. The van der Waals surface area contributed by atoms with Crippen molar-refractivity contribution in [3.05, 3.63) is 29.3 Å². The molecule has 1 aromatic rings. The summed E-state index contributed by atoms with van der Waals surface area (Å²) in [7, 11) is 4.34. The van der Waals surface area contributed by atoms with Crippen molar-refractivity contribution in [2.24, 2.45) is 5.73 Å². The van der Waals surface area contributed by atoms with E-state index in [0.29, 0.717) is 6.54 Å². The molecular weight excluding hydrogens is 262 g/mol. The second-order valence-electron chi connectivity index (χ2n) is 6.27. The molecule has 5 heteroatoms. The molecule has 2 heterocycles. The summed E-state index contributed by atoms with van der Waals surface area (Å²) in [5.41, 5.74) is 13.8. The first kappa shape index (κ1) is 14.8. The first-order valence-corrected chi connectivity index (χ1v) is 7.91. The van der Waals surface area contributed by atoms with Gasteiger partial charge in [-0.3, -0.25) is 0 Å². The molecule has 0 radical (unpaired) electrons. The Labute approximate surface area is 127 Å². The van der Waals surface area contributed by atoms with Gasteiger partial charge in [-0.05, 0) is 30.7 Å². The SMILES string of the molecule is CN1CCN(NC(CN)c2ccc3c(c2)CCN3C)CC1. The summed E-state index contributed by atoms with van der Waals surface area (Å²) >= 11 is 0. The van der Waals surface area contributed by atoms with Crippen LogP contribution in [0.15, 0.2) is 18.2 Å². The number of benzene rings is 1. The van der Waals surface area contributed by atoms with Crippen LogP contribution < -0.4 is 16.1 Å². The average Bonchev–Trinajstić information content (AvgIpc) is 2.87. The highest BCUT2D eigenvalue weighted by molar-refractivity contribution is 5.58. The zero-order valence-electron chi connectivity index (χ0n) is 13.2. The van der Waals surface area contributed by atoms with Gasteiger partial charge < -0.3 is 15.5 Å². The van der Waals surface area contributed by atoms with Crippen molar-refractivity contribution in [1.82, 2.24) is 15.3 Å². The lowest BCUT2D eigenvalue weighted by atomic mass is 10.0. The predicted octanol–water partition coefficient (Wildman–Crippen LogP) is 0.431. The van der Waals surface area contributed by atoms with E-state index in [4.69, 9.17) is 5.73 Å². The average molecular weight is 289 g/mol. The molecule has 1 saturated heterocycles. The van der Waals surface area contributed by atoms with Crippen LogP contribution in [0, 0.1) is 0 Å². The molecule has 1 unspecified atom stereocenters. The van der Waals surface area contributed by atoms with Gasteiger partial charge in [0, 0.05) is 52.0 Å². The van der Waals surface area contributed by atoms with Gasteiger partial charge in [0.1, 0.15) is 0 Å². The van der Waals surface area contributed by atoms with E-state index in [-0.39, 0.29) is 6.04 Å². The lowest BCUT2D eigenvalue weighted by molar-refractivity contribution is 0.0880. The van der Waals surface area contributed by atoms with Gasteiger partial charge in [0.05, 0.1) is 6.04 Å². The summed E-state index contributed by atoms with van der Waals surface area (Å²) in [5, 5.41) is 2.32. The normalized spacial score (nSPS) is 21.6. The Bertz CT molecular complexity index is 482. The van der Waals surface area contributed by atoms with E-state index in [0.717, 1.165) is 39.1 Å². The molecule has 0 aromatic heterocycles. The molecule has 0 bridgehead atoms. The molecule has 116 valence electrons. The topological polar surface area (TPSA) is 47.8 Å². The number of hydrogen-bond donors (Lipinski definition) is 2. The van der Waals surface area contributed by atoms with Crippen LogP contribution in [0.25, 0.3) is 0 Å². The molecule has 21 heavy (non-hydrogen) atoms. The fourth-order valence-electron chi connectivity index (χ4n) is 3.22. The third kappa shape index (κ3) is 3.21. The van der Waals surface area contributed by atoms with Crippen molar-refractivity contribution in [3.63, 3.8) is 0 Å². The number of nitrogens with two attached hydrogens (primary N) is 1. The first-order chi connectivity index (χ1) is 10.2. The lowest BCUT2D eigenvalue weighted by Crippen LogP contribution is -2.52. The number of nitrogens with one attached hydrogen (secondary N) is 1. The molecule has 3 N–H and O–H groups in total. The summed E-state index contributed by atoms with van der Waals surface area (Å²) < 4.78 is 0. The Hall–Kier alpha value is -1.14. The van der Waals surface area contributed by atoms with Gasteiger partial charge in [-0.2, -0.15) is 0 Å². The largest absolute Gasteiger partial charge is 0.374 e. The second-order valence-corrected chi connectivity index (χ2v) is 6.27. The van der Waals surface area contributed by atoms with Gasteiger partial charge in [-0.15, -0.1) is 0 Å². The van der Waals surface area contributed by atoms with Crippen LogP contribution in [0.2, 0.25) is 0 Å². The van der Waals surface area contributed by atoms with E-state index >= 15 is 0 Å². The van der Waals surface area contributed by atoms with Crippen LogP contribution in [0.3, 0.4) is 0 Å². The zero-order valence-corrected chi connectivity index (χ0v) is 13.2. The van der Waals surface area contributed by atoms with E-state index in [2.05, 4.69) is 52.5 Å². The number of rotatable bonds is 4. The summed E-state index contributed by atoms with van der Waals surface area (Å²) in [6.45, 7) is 6.08. The van der Waals surface area contributed by atoms with Gasteiger partial charge in [-0.25, -0.2) is 10.4 Å². The minimum atomic E-state index is 0.213. The fraction of sp³-hybridized carbons (Fsp3) is 0.625. The molecule has 0 spiro atoms. The van der Waals surface area contributed by atoms with E-state index < -0.39 is 0 Å². The molecule has 0 aliphatic carbocycles. The van der Waals surface area contributed by atoms with Gasteiger partial charge in [0.15, 0.2) is 0 Å². The standard InChI is InChI=1S/C16H27N5/c1-19-7-9-21(10-8-19)18-15(12-17)13-3-4-16-14(11-13)5-6-20(16)2/h3-4,11,15,18H,5-10,12,17H2,1-2H3. The molecule has 5 nitrogen and oxygen atoms in total. The van der Waals surface area contributed by atoms with Crippen LogP contribution in [0.4, 0.5) is 5.69 Å². The third-order valence-electron chi connectivity index (χ3n) is 4.71. The minimum absolute atomic E-state index is 0.213. The molecule has 2 aliphatic heterocycles. The molecule has 3 rings (SSSR count). The molecule has 0 amide bonds. The maximum Gasteiger partial charge on any atom is 0.0587 e. The summed E-state index contributed by atoms with van der Waals surface area (Å²) in [5.74, 6) is 0. The van der Waals surface area contributed by atoms with Gasteiger partial charge in [-0.1, -0.05) is 12.1 Å². The Balaban J connectivity index is 1.69. The van der Waals surface area contributed by atoms with Crippen LogP contribution in [0.5, 0.6) is 0 Å². The summed E-state index contributed by atoms with van der Waals surface area (Å²) in [6.07, 6.45) is 1.14. The molecule has 1 aromatic carbocycles. The zero-order chi connectivity index (χ0) is 14.8. The van der Waals surface area contributed by atoms with Crippen LogP contribution in [0.1, 0.15) is 17.2 Å². The first-order valence-electron chi connectivity index (χ1n) is 7.91. The smallest absolute Gasteiger partial charge is 0.0587 e. The monoisotopic (exact) mass is 289 g/mol. The maximum atomic E-state index is 6.01. The molecule has 0 saturated carbocycles. The van der Waals surface area contributed by atoms with Crippen molar-refractivity contribution in [2.45, 2.75) is 12.5 Å². The molecule has 2 aliphatic rings. The number of anilines is 1. The predicted molar refractivity (Wildman–Crippen MR) is 87.4 cm³/mol.